The summed E-state index contributed by atoms with van der Waals surface area (Å²) in [6, 6.07) is 11.5. The first-order valence-electron chi connectivity index (χ1n) is 9.40. The molecular weight excluding hydrogens is 392 g/mol. The molecule has 2 aromatic rings. The van der Waals surface area contributed by atoms with Gasteiger partial charge in [0, 0.05) is 25.9 Å². The van der Waals surface area contributed by atoms with Crippen LogP contribution in [-0.4, -0.2) is 40.8 Å². The van der Waals surface area contributed by atoms with Crippen molar-refractivity contribution in [1.82, 2.24) is 0 Å². The van der Waals surface area contributed by atoms with E-state index < -0.39 is 16.0 Å². The second-order valence-electron chi connectivity index (χ2n) is 6.91. The molecule has 0 amide bonds. The molecule has 0 saturated carbocycles. The zero-order valence-electron chi connectivity index (χ0n) is 17.2. The number of carbonyl (C=O) groups excluding carboxylic acids is 1. The van der Waals surface area contributed by atoms with Crippen LogP contribution in [0.15, 0.2) is 47.4 Å². The number of anilines is 2. The van der Waals surface area contributed by atoms with Gasteiger partial charge in [-0.1, -0.05) is 17.7 Å². The van der Waals surface area contributed by atoms with Crippen molar-refractivity contribution in [3.8, 4) is 0 Å². The predicted octanol–water partition coefficient (Wildman–Crippen LogP) is 3.81. The largest absolute Gasteiger partial charge is 0.459 e. The Kier molecular flexibility index (Phi) is 8.04. The maximum atomic E-state index is 13.1. The van der Waals surface area contributed by atoms with E-state index in [4.69, 9.17) is 9.47 Å². The first kappa shape index (κ1) is 22.7. The second-order valence-corrected chi connectivity index (χ2v) is 8.56. The summed E-state index contributed by atoms with van der Waals surface area (Å²) in [4.78, 5) is 12.2. The van der Waals surface area contributed by atoms with Crippen LogP contribution in [-0.2, 0) is 19.5 Å². The van der Waals surface area contributed by atoms with E-state index in [1.165, 1.54) is 6.07 Å². The number of benzene rings is 2. The van der Waals surface area contributed by atoms with E-state index in [0.717, 1.165) is 5.56 Å². The van der Waals surface area contributed by atoms with Gasteiger partial charge in [0.25, 0.3) is 10.0 Å². The molecule has 0 bridgehead atoms. The van der Waals surface area contributed by atoms with Crippen LogP contribution in [0.4, 0.5) is 11.4 Å². The molecule has 0 aliphatic heterocycles. The summed E-state index contributed by atoms with van der Waals surface area (Å²) >= 11 is 0. The van der Waals surface area contributed by atoms with E-state index in [0.29, 0.717) is 30.9 Å². The lowest BCUT2D eigenvalue weighted by Crippen LogP contribution is -2.18. The fraction of sp³-hybridized carbons (Fsp3) is 0.381. The van der Waals surface area contributed by atoms with E-state index in [1.807, 2.05) is 19.1 Å². The molecule has 0 saturated heterocycles. The van der Waals surface area contributed by atoms with E-state index in [2.05, 4.69) is 10.0 Å². The molecule has 0 spiro atoms. The minimum absolute atomic E-state index is 0.0197. The highest BCUT2D eigenvalue weighted by Crippen LogP contribution is 2.26. The molecule has 158 valence electrons. The van der Waals surface area contributed by atoms with Gasteiger partial charge in [-0.25, -0.2) is 13.2 Å². The predicted molar refractivity (Wildman–Crippen MR) is 114 cm³/mol. The average Bonchev–Trinajstić information content (AvgIpc) is 2.66. The number of nitrogens with one attached hydrogen (secondary N) is 2. The first-order valence-corrected chi connectivity index (χ1v) is 10.9. The number of rotatable bonds is 10. The third kappa shape index (κ3) is 6.76. The Bertz CT molecular complexity index is 925. The van der Waals surface area contributed by atoms with Crippen molar-refractivity contribution in [1.29, 1.82) is 0 Å². The van der Waals surface area contributed by atoms with E-state index in [9.17, 15) is 13.2 Å². The van der Waals surface area contributed by atoms with Crippen LogP contribution in [0.25, 0.3) is 0 Å². The minimum Gasteiger partial charge on any atom is -0.459 e. The SMILES string of the molecule is COCCCNc1ccc(C(=O)OC(C)C)cc1S(=O)(=O)Nc1ccc(C)cc1. The normalized spacial score (nSPS) is 11.3. The highest BCUT2D eigenvalue weighted by atomic mass is 32.2. The molecule has 0 radical (unpaired) electrons. The number of hydrogen-bond donors (Lipinski definition) is 2. The van der Waals surface area contributed by atoms with Crippen molar-refractivity contribution < 1.29 is 22.7 Å². The van der Waals surface area contributed by atoms with Gasteiger partial charge in [-0.2, -0.15) is 0 Å². The lowest BCUT2D eigenvalue weighted by Gasteiger charge is -2.16. The summed E-state index contributed by atoms with van der Waals surface area (Å²) < 4.78 is 38.9. The molecule has 2 N–H and O–H groups in total. The van der Waals surface area contributed by atoms with Gasteiger partial charge in [-0.15, -0.1) is 0 Å². The summed E-state index contributed by atoms with van der Waals surface area (Å²) in [5.74, 6) is -0.572. The van der Waals surface area contributed by atoms with E-state index in [-0.39, 0.29) is 16.6 Å². The lowest BCUT2D eigenvalue weighted by molar-refractivity contribution is 0.0377. The Morgan fingerprint density at radius 1 is 1.10 bits per heavy atom. The topological polar surface area (TPSA) is 93.7 Å². The molecule has 0 atom stereocenters. The average molecular weight is 421 g/mol. The van der Waals surface area contributed by atoms with Gasteiger partial charge >= 0.3 is 5.97 Å². The van der Waals surface area contributed by atoms with Crippen LogP contribution in [0.3, 0.4) is 0 Å². The van der Waals surface area contributed by atoms with Crippen molar-refractivity contribution in [2.45, 2.75) is 38.2 Å². The molecule has 29 heavy (non-hydrogen) atoms. The van der Waals surface area contributed by atoms with Crippen LogP contribution >= 0.6 is 0 Å². The first-order chi connectivity index (χ1) is 13.7. The molecule has 0 unspecified atom stereocenters. The van der Waals surface area contributed by atoms with Crippen LogP contribution < -0.4 is 10.0 Å². The van der Waals surface area contributed by atoms with Crippen molar-refractivity contribution in [3.63, 3.8) is 0 Å². The highest BCUT2D eigenvalue weighted by Gasteiger charge is 2.22. The Hall–Kier alpha value is -2.58. The third-order valence-corrected chi connectivity index (χ3v) is 5.42. The molecular formula is C21H28N2O5S. The number of methoxy groups -OCH3 is 1. The van der Waals surface area contributed by atoms with E-state index >= 15 is 0 Å². The highest BCUT2D eigenvalue weighted by molar-refractivity contribution is 7.92. The maximum absolute atomic E-state index is 13.1. The molecule has 8 heteroatoms. The summed E-state index contributed by atoms with van der Waals surface area (Å²) in [5, 5.41) is 3.10. The summed E-state index contributed by atoms with van der Waals surface area (Å²) in [6.07, 6.45) is 0.401. The summed E-state index contributed by atoms with van der Waals surface area (Å²) in [7, 11) is -2.33. The zero-order chi connectivity index (χ0) is 21.4. The Morgan fingerprint density at radius 2 is 1.79 bits per heavy atom. The van der Waals surface area contributed by atoms with Crippen LogP contribution in [0.1, 0.15) is 36.2 Å². The van der Waals surface area contributed by atoms with Gasteiger partial charge in [-0.05, 0) is 57.5 Å². The standard InChI is InChI=1S/C21H28N2O5S/c1-15(2)28-21(24)17-8-11-19(22-12-5-13-27-4)20(14-17)29(25,26)23-18-9-6-16(3)7-10-18/h6-11,14-15,22-23H,5,12-13H2,1-4H3. The van der Waals surface area contributed by atoms with Crippen molar-refractivity contribution in [3.05, 3.63) is 53.6 Å². The lowest BCUT2D eigenvalue weighted by atomic mass is 10.2. The fourth-order valence-corrected chi connectivity index (χ4v) is 3.84. The van der Waals surface area contributed by atoms with Gasteiger partial charge in [0.1, 0.15) is 4.90 Å². The van der Waals surface area contributed by atoms with Crippen LogP contribution in [0.2, 0.25) is 0 Å². The summed E-state index contributed by atoms with van der Waals surface area (Å²) in [6.45, 7) is 6.47. The smallest absolute Gasteiger partial charge is 0.338 e. The number of esters is 1. The molecule has 2 aromatic carbocycles. The van der Waals surface area contributed by atoms with Crippen LogP contribution in [0, 0.1) is 6.92 Å². The van der Waals surface area contributed by atoms with Crippen LogP contribution in [0.5, 0.6) is 0 Å². The van der Waals surface area contributed by atoms with Gasteiger partial charge in [-0.3, -0.25) is 4.72 Å². The molecule has 0 aromatic heterocycles. The number of ether oxygens (including phenoxy) is 2. The molecule has 0 heterocycles. The fourth-order valence-electron chi connectivity index (χ4n) is 2.57. The molecule has 2 rings (SSSR count). The number of hydrogen-bond acceptors (Lipinski definition) is 6. The quantitative estimate of drug-likeness (QED) is 0.448. The van der Waals surface area contributed by atoms with Gasteiger partial charge in [0.15, 0.2) is 0 Å². The zero-order valence-corrected chi connectivity index (χ0v) is 18.0. The van der Waals surface area contributed by atoms with Gasteiger partial charge in [0.2, 0.25) is 0 Å². The van der Waals surface area contributed by atoms with E-state index in [1.54, 1.807) is 45.2 Å². The van der Waals surface area contributed by atoms with Gasteiger partial charge in [0.05, 0.1) is 17.4 Å². The molecule has 0 aliphatic carbocycles. The van der Waals surface area contributed by atoms with Gasteiger partial charge < -0.3 is 14.8 Å². The van der Waals surface area contributed by atoms with Crippen molar-refractivity contribution >= 4 is 27.4 Å². The number of sulfonamides is 1. The second kappa shape index (κ2) is 10.3. The Labute approximate surface area is 172 Å². The van der Waals surface area contributed by atoms with Crippen molar-refractivity contribution in [2.24, 2.45) is 0 Å². The summed E-state index contributed by atoms with van der Waals surface area (Å²) in [5.41, 5.74) is 2.04. The number of carbonyl (C=O) groups is 1. The minimum atomic E-state index is -3.94. The Morgan fingerprint density at radius 3 is 2.41 bits per heavy atom. The monoisotopic (exact) mass is 420 g/mol. The Balaban J connectivity index is 2.36. The molecule has 0 aliphatic rings. The molecule has 7 nitrogen and oxygen atoms in total. The maximum Gasteiger partial charge on any atom is 0.338 e. The third-order valence-electron chi connectivity index (χ3n) is 3.99. The van der Waals surface area contributed by atoms with Crippen molar-refractivity contribution in [2.75, 3.05) is 30.3 Å². The molecule has 0 fully saturated rings. The number of aryl methyl sites for hydroxylation is 1.